The van der Waals surface area contributed by atoms with E-state index in [1.807, 2.05) is 6.07 Å². The molecule has 4 heterocycles. The first-order chi connectivity index (χ1) is 39.3. The largest absolute Gasteiger partial charge is 0.505 e. The average molecular weight is 1330 g/mol. The fourth-order valence-corrected chi connectivity index (χ4v) is 7.88. The molecule has 5 aromatic carbocycles. The summed E-state index contributed by atoms with van der Waals surface area (Å²) < 4.78 is 187. The Kier molecular flexibility index (Phi) is 25.5. The van der Waals surface area contributed by atoms with Crippen molar-refractivity contribution in [1.82, 2.24) is 40.0 Å². The van der Waals surface area contributed by atoms with E-state index in [1.165, 1.54) is 66.9 Å². The number of benzene rings is 5. The number of phenols is 1. The zero-order valence-corrected chi connectivity index (χ0v) is 47.4. The molecule has 9 aromatic rings. The van der Waals surface area contributed by atoms with Gasteiger partial charge in [0, 0.05) is 65.1 Å². The maximum absolute atomic E-state index is 13.5. The van der Waals surface area contributed by atoms with Gasteiger partial charge in [-0.3, -0.25) is 14.9 Å². The fourth-order valence-electron chi connectivity index (χ4n) is 6.43. The zero-order valence-electron chi connectivity index (χ0n) is 43.3. The van der Waals surface area contributed by atoms with Gasteiger partial charge in [0.1, 0.15) is 6.73 Å². The summed E-state index contributed by atoms with van der Waals surface area (Å²) in [4.78, 5) is 0. The van der Waals surface area contributed by atoms with Crippen LogP contribution >= 0.6 is 31.9 Å². The Morgan fingerprint density at radius 3 is 1.37 bits per heavy atom. The molecule has 0 saturated carbocycles. The summed E-state index contributed by atoms with van der Waals surface area (Å²) in [5, 5.41) is 29.9. The Hall–Kier alpha value is -7.83. The summed E-state index contributed by atoms with van der Waals surface area (Å²) in [6, 6.07) is 21.8. The van der Waals surface area contributed by atoms with Gasteiger partial charge in [-0.15, -0.1) is 0 Å². The number of rotatable bonds is 18. The number of hydrogen-bond acceptors (Lipinski definition) is 10. The number of halogens is 15. The van der Waals surface area contributed by atoms with Crippen LogP contribution in [0.15, 0.2) is 149 Å². The van der Waals surface area contributed by atoms with Crippen molar-refractivity contribution in [2.24, 2.45) is 0 Å². The molecule has 0 fully saturated rings. The highest BCUT2D eigenvalue weighted by Gasteiger charge is 2.17. The molecule has 0 bridgehead atoms. The number of H-pyrrole nitrogens is 2. The number of nitrogens with zero attached hydrogens (tertiary/aromatic N) is 6. The van der Waals surface area contributed by atoms with E-state index in [4.69, 9.17) is 9.84 Å². The second kappa shape index (κ2) is 32.1. The molecule has 0 aliphatic carbocycles. The molecule has 0 atom stereocenters. The SMILES string of the molecule is C[Si](C)(C)CCOCn1cc(-c2ccc(F)c(OC(F)F)c2)cn1.Fc1ccc(-c2cn[nH]c2)cc1OC(F)F.Fc1ccc(-c2cnn(Cc3ccn[nH]3)c2)cc1OC(F)F.Fc1ccc(Br)cc1OC(F)F.Oc1cc(Br)ccc1F. The van der Waals surface area contributed by atoms with Crippen LogP contribution in [0.25, 0.3) is 33.4 Å². The molecule has 30 heteroatoms. The first kappa shape index (κ1) is 66.0. The van der Waals surface area contributed by atoms with Crippen molar-refractivity contribution in [2.45, 2.75) is 65.4 Å². The van der Waals surface area contributed by atoms with E-state index < -0.39 is 86.6 Å². The predicted octanol–water partition coefficient (Wildman–Crippen LogP) is 16.0. The van der Waals surface area contributed by atoms with Gasteiger partial charge in [0.15, 0.2) is 57.8 Å². The first-order valence-electron chi connectivity index (χ1n) is 23.7. The highest BCUT2D eigenvalue weighted by Crippen LogP contribution is 2.31. The maximum atomic E-state index is 13.5. The van der Waals surface area contributed by atoms with Crippen LogP contribution in [0.2, 0.25) is 25.7 Å². The number of aromatic hydroxyl groups is 1. The van der Waals surface area contributed by atoms with Crippen LogP contribution in [-0.4, -0.2) is 86.2 Å². The number of phenolic OH excluding ortho intramolecular Hbond substituents is 1. The molecule has 444 valence electrons. The number of ether oxygens (including phenoxy) is 5. The van der Waals surface area contributed by atoms with E-state index in [9.17, 15) is 57.1 Å². The lowest BCUT2D eigenvalue weighted by molar-refractivity contribution is -0.0528. The second-order valence-corrected chi connectivity index (χ2v) is 25.2. The summed E-state index contributed by atoms with van der Waals surface area (Å²) in [5.41, 5.74) is 4.50. The van der Waals surface area contributed by atoms with E-state index in [-0.39, 0.29) is 5.75 Å². The fraction of sp³-hybridized carbons (Fsp3) is 0.208. The van der Waals surface area contributed by atoms with Crippen LogP contribution in [0, 0.1) is 29.1 Å². The van der Waals surface area contributed by atoms with Gasteiger partial charge in [-0.1, -0.05) is 69.7 Å². The van der Waals surface area contributed by atoms with Crippen LogP contribution in [-0.2, 0) is 18.0 Å². The predicted molar refractivity (Wildman–Crippen MR) is 287 cm³/mol. The lowest BCUT2D eigenvalue weighted by Gasteiger charge is -2.15. The first-order valence-corrected chi connectivity index (χ1v) is 29.0. The van der Waals surface area contributed by atoms with Crippen molar-refractivity contribution in [3.63, 3.8) is 0 Å². The standard InChI is InChI=1S/C16H21F3N2O2Si.C14H11F3N4O.C10H7F3N2O.C7H4BrF3O.C6H4BrFO/c1-24(2,3)7-6-22-11-21-10-13(9-20-21)12-4-5-14(17)15(8-12)23-16(18)19;15-12-2-1-9(5-13(12)22-14(16)17)10-6-19-21(7-10)8-11-3-4-18-20-11;11-8-2-1-6(7-4-14-15-5-7)3-9(8)16-10(12)13;8-4-1-2-5(9)6(3-4)12-7(10)11;7-4-1-2-5(8)6(9)3-4/h4-5,8-10,16H,6-7,11H2,1-3H3;1-7,14H,8H2,(H,18,20);1-5,10H,(H,14,15);1-3,7H;1-3,9H. The normalized spacial score (nSPS) is 11.0. The molecule has 0 spiro atoms. The van der Waals surface area contributed by atoms with Crippen LogP contribution in [0.4, 0.5) is 57.1 Å². The third-order valence-corrected chi connectivity index (χ3v) is 13.0. The second-order valence-electron chi connectivity index (χ2n) is 17.7. The van der Waals surface area contributed by atoms with Crippen LogP contribution in [0.3, 0.4) is 0 Å². The summed E-state index contributed by atoms with van der Waals surface area (Å²) >= 11 is 6.06. The number of hydrogen-bond donors (Lipinski definition) is 3. The van der Waals surface area contributed by atoms with Crippen molar-refractivity contribution in [1.29, 1.82) is 0 Å². The van der Waals surface area contributed by atoms with E-state index in [2.05, 4.69) is 101 Å². The minimum atomic E-state index is -3.08. The van der Waals surface area contributed by atoms with Crippen molar-refractivity contribution < 1.29 is 85.9 Å². The van der Waals surface area contributed by atoms with Crippen LogP contribution in [0.5, 0.6) is 28.7 Å². The molecule has 83 heavy (non-hydrogen) atoms. The molecule has 14 nitrogen and oxygen atoms in total. The molecule has 0 saturated heterocycles. The summed E-state index contributed by atoms with van der Waals surface area (Å²) in [7, 11) is -1.13. The van der Waals surface area contributed by atoms with Gasteiger partial charge in [0.2, 0.25) is 0 Å². The van der Waals surface area contributed by atoms with Crippen LogP contribution < -0.4 is 18.9 Å². The monoisotopic (exact) mass is 1320 g/mol. The molecule has 4 aromatic heterocycles. The van der Waals surface area contributed by atoms with E-state index in [0.717, 1.165) is 42.1 Å². The van der Waals surface area contributed by atoms with Crippen molar-refractivity contribution in [3.8, 4) is 62.1 Å². The number of nitrogens with one attached hydrogen (secondary N) is 2. The molecule has 0 aliphatic heterocycles. The van der Waals surface area contributed by atoms with Crippen molar-refractivity contribution in [2.75, 3.05) is 6.61 Å². The molecule has 9 rings (SSSR count). The summed E-state index contributed by atoms with van der Waals surface area (Å²) in [6.45, 7) is -3.91. The molecule has 3 N–H and O–H groups in total. The van der Waals surface area contributed by atoms with Gasteiger partial charge in [0.25, 0.3) is 0 Å². The zero-order chi connectivity index (χ0) is 60.8. The van der Waals surface area contributed by atoms with Gasteiger partial charge in [-0.2, -0.15) is 55.5 Å². The minimum Gasteiger partial charge on any atom is -0.505 e. The maximum Gasteiger partial charge on any atom is 0.387 e. The van der Waals surface area contributed by atoms with Gasteiger partial charge >= 0.3 is 26.4 Å². The van der Waals surface area contributed by atoms with Gasteiger partial charge < -0.3 is 28.8 Å². The molecule has 0 radical (unpaired) electrons. The highest BCUT2D eigenvalue weighted by molar-refractivity contribution is 9.10. The number of aromatic amines is 2. The average Bonchev–Trinajstić information content (AvgIpc) is 4.36. The Bertz CT molecular complexity index is 3400. The minimum absolute atomic E-state index is 0.312. The van der Waals surface area contributed by atoms with Crippen LogP contribution in [0.1, 0.15) is 5.69 Å². The Morgan fingerprint density at radius 2 is 0.952 bits per heavy atom. The van der Waals surface area contributed by atoms with E-state index in [0.29, 0.717) is 62.2 Å². The third-order valence-electron chi connectivity index (χ3n) is 10.3. The lowest BCUT2D eigenvalue weighted by Crippen LogP contribution is -2.22. The van der Waals surface area contributed by atoms with Gasteiger partial charge in [-0.05, 0) is 102 Å². The number of aromatic nitrogens is 8. The Labute approximate surface area is 482 Å². The molecule has 0 amide bonds. The third kappa shape index (κ3) is 23.2. The summed E-state index contributed by atoms with van der Waals surface area (Å²) in [6.07, 6.45) is 11.3. The van der Waals surface area contributed by atoms with E-state index >= 15 is 0 Å². The number of alkyl halides is 8. The Balaban J connectivity index is 0.000000197. The Morgan fingerprint density at radius 1 is 0.518 bits per heavy atom. The van der Waals surface area contributed by atoms with Crippen molar-refractivity contribution in [3.05, 3.63) is 184 Å². The van der Waals surface area contributed by atoms with Gasteiger partial charge in [0.05, 0.1) is 30.8 Å². The summed E-state index contributed by atoms with van der Waals surface area (Å²) in [5.74, 6) is -6.15. The molecular weight excluding hydrogens is 1280 g/mol. The van der Waals surface area contributed by atoms with E-state index in [1.54, 1.807) is 46.5 Å². The smallest absolute Gasteiger partial charge is 0.387 e. The highest BCUT2D eigenvalue weighted by atomic mass is 79.9. The topological polar surface area (TPSA) is 159 Å². The lowest BCUT2D eigenvalue weighted by atomic mass is 10.1. The molecule has 0 aliphatic rings. The molecule has 0 unspecified atom stereocenters. The van der Waals surface area contributed by atoms with Crippen molar-refractivity contribution >= 4 is 39.9 Å². The molecular formula is C53H47Br2F13N8O6Si. The quantitative estimate of drug-likeness (QED) is 0.0429. The van der Waals surface area contributed by atoms with Gasteiger partial charge in [-0.25, -0.2) is 26.6 Å².